The van der Waals surface area contributed by atoms with Crippen LogP contribution >= 0.6 is 11.3 Å². The number of benzene rings is 2. The number of amides is 1. The average Bonchev–Trinajstić information content (AvgIpc) is 3.34. The molecule has 8 nitrogen and oxygen atoms in total. The number of fused-ring (bicyclic) bond motifs is 1. The van der Waals surface area contributed by atoms with Gasteiger partial charge in [0.1, 0.15) is 10.7 Å². The number of sulfonamides is 1. The molecule has 0 atom stereocenters. The molecule has 1 amide bonds. The van der Waals surface area contributed by atoms with Crippen LogP contribution in [0.1, 0.15) is 23.3 Å². The van der Waals surface area contributed by atoms with Gasteiger partial charge in [0.05, 0.1) is 23.1 Å². The highest BCUT2D eigenvalue weighted by atomic mass is 32.2. The van der Waals surface area contributed by atoms with Crippen molar-refractivity contribution < 1.29 is 13.2 Å². The van der Waals surface area contributed by atoms with Crippen molar-refractivity contribution in [1.82, 2.24) is 14.7 Å². The summed E-state index contributed by atoms with van der Waals surface area (Å²) in [5.41, 5.74) is 3.75. The first-order valence-corrected chi connectivity index (χ1v) is 14.1. The lowest BCUT2D eigenvalue weighted by Crippen LogP contribution is -2.44. The molecule has 3 heterocycles. The largest absolute Gasteiger partial charge is 0.370 e. The number of nitrogens with one attached hydrogen (secondary N) is 2. The van der Waals surface area contributed by atoms with Gasteiger partial charge in [0.2, 0.25) is 10.0 Å². The number of pyridine rings is 1. The third-order valence-corrected chi connectivity index (χ3v) is 7.60. The predicted molar refractivity (Wildman–Crippen MR) is 140 cm³/mol. The van der Waals surface area contributed by atoms with Crippen molar-refractivity contribution in [1.29, 1.82) is 0 Å². The first-order valence-electron chi connectivity index (χ1n) is 11.3. The first kappa shape index (κ1) is 23.4. The fraction of sp³-hybridized carbons (Fsp3) is 0.240. The number of para-hydroxylation sites is 3. The Hall–Kier alpha value is -3.34. The molecule has 10 heteroatoms. The predicted octanol–water partition coefficient (Wildman–Crippen LogP) is 4.13. The van der Waals surface area contributed by atoms with Crippen LogP contribution in [0.3, 0.4) is 0 Å². The molecule has 1 aliphatic rings. The van der Waals surface area contributed by atoms with E-state index in [9.17, 15) is 13.2 Å². The lowest BCUT2D eigenvalue weighted by Gasteiger charge is -2.34. The molecular weight excluding hydrogens is 482 g/mol. The van der Waals surface area contributed by atoms with Crippen molar-refractivity contribution in [3.8, 4) is 10.6 Å². The van der Waals surface area contributed by atoms with Gasteiger partial charge in [0.15, 0.2) is 0 Å². The normalized spacial score (nSPS) is 14.8. The Labute approximate surface area is 208 Å². The van der Waals surface area contributed by atoms with Gasteiger partial charge in [-0.2, -0.15) is 0 Å². The zero-order chi connectivity index (χ0) is 24.4. The molecule has 180 valence electrons. The van der Waals surface area contributed by atoms with Gasteiger partial charge >= 0.3 is 0 Å². The Morgan fingerprint density at radius 2 is 1.83 bits per heavy atom. The van der Waals surface area contributed by atoms with E-state index in [0.717, 1.165) is 27.2 Å². The van der Waals surface area contributed by atoms with Crippen LogP contribution in [0.2, 0.25) is 0 Å². The topological polar surface area (TPSA) is 104 Å². The minimum Gasteiger partial charge on any atom is -0.370 e. The number of aromatic nitrogens is 2. The van der Waals surface area contributed by atoms with Crippen LogP contribution in [0.4, 0.5) is 11.4 Å². The van der Waals surface area contributed by atoms with E-state index in [0.29, 0.717) is 37.3 Å². The summed E-state index contributed by atoms with van der Waals surface area (Å²) in [6.45, 7) is 1.38. The van der Waals surface area contributed by atoms with Crippen LogP contribution in [0.15, 0.2) is 66.2 Å². The van der Waals surface area contributed by atoms with E-state index in [4.69, 9.17) is 0 Å². The van der Waals surface area contributed by atoms with Crippen LogP contribution < -0.4 is 14.9 Å². The van der Waals surface area contributed by atoms with Crippen LogP contribution in [0.5, 0.6) is 0 Å². The zero-order valence-corrected chi connectivity index (χ0v) is 20.8. The quantitative estimate of drug-likeness (QED) is 0.407. The van der Waals surface area contributed by atoms with E-state index in [2.05, 4.69) is 24.9 Å². The lowest BCUT2D eigenvalue weighted by molar-refractivity contribution is 0.102. The number of piperidine rings is 1. The van der Waals surface area contributed by atoms with Gasteiger partial charge in [-0.15, -0.1) is 11.3 Å². The summed E-state index contributed by atoms with van der Waals surface area (Å²) in [4.78, 5) is 24.3. The van der Waals surface area contributed by atoms with Gasteiger partial charge in [-0.3, -0.25) is 9.78 Å². The highest BCUT2D eigenvalue weighted by Crippen LogP contribution is 2.30. The van der Waals surface area contributed by atoms with Gasteiger partial charge in [0, 0.05) is 41.7 Å². The van der Waals surface area contributed by atoms with E-state index in [-0.39, 0.29) is 11.9 Å². The maximum Gasteiger partial charge on any atom is 0.275 e. The Bertz CT molecular complexity index is 1480. The SMILES string of the molecule is CS(=O)(=O)NC1CCN(c2ccccc2NC(=O)c2csc(-c3cnc4ccccc4c3)n2)CC1. The molecule has 5 rings (SSSR count). The van der Waals surface area contributed by atoms with E-state index < -0.39 is 10.0 Å². The van der Waals surface area contributed by atoms with Crippen molar-refractivity contribution in [2.75, 3.05) is 29.6 Å². The molecule has 0 saturated carbocycles. The molecule has 35 heavy (non-hydrogen) atoms. The average molecular weight is 508 g/mol. The number of carbonyl (C=O) groups excluding carboxylic acids is 1. The molecule has 4 aromatic rings. The fourth-order valence-corrected chi connectivity index (χ4v) is 5.90. The van der Waals surface area contributed by atoms with E-state index in [1.54, 1.807) is 11.6 Å². The summed E-state index contributed by atoms with van der Waals surface area (Å²) < 4.78 is 25.7. The van der Waals surface area contributed by atoms with Crippen LogP contribution in [0, 0.1) is 0 Å². The Kier molecular flexibility index (Phi) is 6.50. The van der Waals surface area contributed by atoms with Gasteiger partial charge in [-0.25, -0.2) is 18.1 Å². The maximum atomic E-state index is 13.0. The summed E-state index contributed by atoms with van der Waals surface area (Å²) in [7, 11) is -3.23. The van der Waals surface area contributed by atoms with Crippen LogP contribution in [0.25, 0.3) is 21.5 Å². The second-order valence-electron chi connectivity index (χ2n) is 8.58. The third kappa shape index (κ3) is 5.50. The van der Waals surface area contributed by atoms with Crippen molar-refractivity contribution >= 4 is 49.5 Å². The van der Waals surface area contributed by atoms with Crippen LogP contribution in [-0.2, 0) is 10.0 Å². The van der Waals surface area contributed by atoms with Crippen molar-refractivity contribution in [3.05, 3.63) is 71.9 Å². The monoisotopic (exact) mass is 507 g/mol. The molecule has 0 spiro atoms. The molecule has 0 unspecified atom stereocenters. The Morgan fingerprint density at radius 3 is 2.63 bits per heavy atom. The molecule has 0 radical (unpaired) electrons. The number of hydrogen-bond donors (Lipinski definition) is 2. The lowest BCUT2D eigenvalue weighted by atomic mass is 10.0. The second-order valence-corrected chi connectivity index (χ2v) is 11.2. The van der Waals surface area contributed by atoms with E-state index in [1.807, 2.05) is 54.6 Å². The summed E-state index contributed by atoms with van der Waals surface area (Å²) in [6, 6.07) is 17.5. The minimum absolute atomic E-state index is 0.0685. The molecule has 0 aliphatic carbocycles. The number of anilines is 2. The number of rotatable bonds is 6. The smallest absolute Gasteiger partial charge is 0.275 e. The van der Waals surface area contributed by atoms with Gasteiger partial charge in [-0.1, -0.05) is 30.3 Å². The van der Waals surface area contributed by atoms with E-state index >= 15 is 0 Å². The molecule has 1 fully saturated rings. The summed E-state index contributed by atoms with van der Waals surface area (Å²) >= 11 is 1.41. The number of hydrogen-bond acceptors (Lipinski definition) is 7. The molecular formula is C25H25N5O3S2. The maximum absolute atomic E-state index is 13.0. The third-order valence-electron chi connectivity index (χ3n) is 5.94. The van der Waals surface area contributed by atoms with Crippen molar-refractivity contribution in [2.45, 2.75) is 18.9 Å². The van der Waals surface area contributed by atoms with Gasteiger partial charge < -0.3 is 10.2 Å². The van der Waals surface area contributed by atoms with E-state index in [1.165, 1.54) is 17.6 Å². The highest BCUT2D eigenvalue weighted by Gasteiger charge is 2.24. The van der Waals surface area contributed by atoms with Crippen LogP contribution in [-0.4, -0.2) is 49.7 Å². The molecule has 2 aromatic carbocycles. The first-order chi connectivity index (χ1) is 16.9. The zero-order valence-electron chi connectivity index (χ0n) is 19.1. The highest BCUT2D eigenvalue weighted by molar-refractivity contribution is 7.88. The Morgan fingerprint density at radius 1 is 1.09 bits per heavy atom. The summed E-state index contributed by atoms with van der Waals surface area (Å²) in [6.07, 6.45) is 4.36. The minimum atomic E-state index is -3.23. The molecule has 1 aliphatic heterocycles. The molecule has 1 saturated heterocycles. The standard InChI is InChI=1S/C25H25N5O3S2/c1-35(32,33)29-19-10-12-30(13-11-19)23-9-5-4-8-21(23)27-24(31)22-16-34-25(28-22)18-14-17-6-2-3-7-20(17)26-15-18/h2-9,14-16,19,29H,10-13H2,1H3,(H,27,31). The molecule has 2 N–H and O–H groups in total. The summed E-state index contributed by atoms with van der Waals surface area (Å²) in [5, 5.41) is 6.52. The number of nitrogens with zero attached hydrogens (tertiary/aromatic N) is 3. The van der Waals surface area contributed by atoms with Crippen molar-refractivity contribution in [2.24, 2.45) is 0 Å². The molecule has 0 bridgehead atoms. The molecule has 2 aromatic heterocycles. The second kappa shape index (κ2) is 9.73. The van der Waals surface area contributed by atoms with Crippen molar-refractivity contribution in [3.63, 3.8) is 0 Å². The summed E-state index contributed by atoms with van der Waals surface area (Å²) in [5.74, 6) is -0.276. The van der Waals surface area contributed by atoms with Gasteiger partial charge in [-0.05, 0) is 37.1 Å². The number of thiazole rings is 1. The fourth-order valence-electron chi connectivity index (χ4n) is 4.28. The Balaban J connectivity index is 1.29. The number of carbonyl (C=O) groups is 1. The van der Waals surface area contributed by atoms with Gasteiger partial charge in [0.25, 0.3) is 5.91 Å².